The van der Waals surface area contributed by atoms with Gasteiger partial charge in [-0.25, -0.2) is 9.48 Å². The highest BCUT2D eigenvalue weighted by Gasteiger charge is 2.33. The molecule has 28 heavy (non-hydrogen) atoms. The molecule has 1 saturated heterocycles. The van der Waals surface area contributed by atoms with Crippen LogP contribution in [0.5, 0.6) is 0 Å². The third-order valence-corrected chi connectivity index (χ3v) is 4.98. The number of aromatic amines is 1. The lowest BCUT2D eigenvalue weighted by atomic mass is 10.1. The number of carbonyl (C=O) groups is 2. The first-order valence-electron chi connectivity index (χ1n) is 9.25. The Morgan fingerprint density at radius 2 is 1.93 bits per heavy atom. The molecule has 7 heteroatoms. The fourth-order valence-electron chi connectivity index (χ4n) is 3.20. The molecule has 0 atom stereocenters. The number of nitrogens with zero attached hydrogens (tertiary/aromatic N) is 2. The minimum atomic E-state index is -0.485. The maximum Gasteiger partial charge on any atom is 0.329 e. The van der Waals surface area contributed by atoms with Crippen molar-refractivity contribution in [3.05, 3.63) is 69.3 Å². The number of aromatic nitrogens is 2. The Morgan fingerprint density at radius 1 is 1.18 bits per heavy atom. The number of amides is 3. The second-order valence-corrected chi connectivity index (χ2v) is 6.74. The van der Waals surface area contributed by atoms with E-state index < -0.39 is 11.9 Å². The van der Waals surface area contributed by atoms with Gasteiger partial charge in [0.15, 0.2) is 0 Å². The van der Waals surface area contributed by atoms with Gasteiger partial charge in [0.2, 0.25) is 0 Å². The Labute approximate surface area is 163 Å². The summed E-state index contributed by atoms with van der Waals surface area (Å²) >= 11 is 0. The van der Waals surface area contributed by atoms with Gasteiger partial charge in [0, 0.05) is 12.2 Å². The SMILES string of the molecule is C=CCCN1C(=O)N/C(=C\c2c(CC)[nH]n(-c3cccc(C)c3C)c2=O)C1=O. The monoisotopic (exact) mass is 380 g/mol. The van der Waals surface area contributed by atoms with Crippen molar-refractivity contribution in [1.29, 1.82) is 0 Å². The summed E-state index contributed by atoms with van der Waals surface area (Å²) in [4.78, 5) is 38.8. The standard InChI is InChI=1S/C21H24N4O3/c1-5-7-11-24-20(27)17(22-21(24)28)12-15-16(6-2)23-25(19(15)26)18-10-8-9-13(3)14(18)4/h5,8-10,12,23H,1,6-7,11H2,2-4H3,(H,22,28)/b17-12-. The molecule has 0 spiro atoms. The number of carbonyl (C=O) groups excluding carboxylic acids is 2. The zero-order chi connectivity index (χ0) is 20.4. The van der Waals surface area contributed by atoms with E-state index in [2.05, 4.69) is 17.0 Å². The van der Waals surface area contributed by atoms with E-state index in [1.54, 1.807) is 6.08 Å². The van der Waals surface area contributed by atoms with Gasteiger partial charge < -0.3 is 5.32 Å². The third kappa shape index (κ3) is 3.31. The fourth-order valence-corrected chi connectivity index (χ4v) is 3.20. The van der Waals surface area contributed by atoms with Gasteiger partial charge in [-0.1, -0.05) is 25.1 Å². The van der Waals surface area contributed by atoms with E-state index in [4.69, 9.17) is 0 Å². The molecule has 0 saturated carbocycles. The first kappa shape index (κ1) is 19.4. The number of benzene rings is 1. The van der Waals surface area contributed by atoms with Gasteiger partial charge in [-0.15, -0.1) is 6.58 Å². The average molecular weight is 380 g/mol. The molecule has 0 unspecified atom stereocenters. The molecule has 3 amide bonds. The number of imide groups is 1. The van der Waals surface area contributed by atoms with Crippen molar-refractivity contribution in [3.63, 3.8) is 0 Å². The van der Waals surface area contributed by atoms with E-state index in [1.807, 2.05) is 39.0 Å². The molecule has 0 bridgehead atoms. The van der Waals surface area contributed by atoms with Crippen LogP contribution in [-0.4, -0.2) is 33.2 Å². The van der Waals surface area contributed by atoms with E-state index in [0.717, 1.165) is 21.7 Å². The van der Waals surface area contributed by atoms with Crippen molar-refractivity contribution in [3.8, 4) is 5.69 Å². The van der Waals surface area contributed by atoms with Crippen LogP contribution in [0.4, 0.5) is 4.79 Å². The fraction of sp³-hybridized carbons (Fsp3) is 0.286. The lowest BCUT2D eigenvalue weighted by Gasteiger charge is -2.08. The predicted octanol–water partition coefficient (Wildman–Crippen LogP) is 2.81. The van der Waals surface area contributed by atoms with Gasteiger partial charge >= 0.3 is 6.03 Å². The van der Waals surface area contributed by atoms with Gasteiger partial charge in [0.1, 0.15) is 5.70 Å². The van der Waals surface area contributed by atoms with E-state index in [1.165, 1.54) is 10.8 Å². The number of rotatable bonds is 6. The second-order valence-electron chi connectivity index (χ2n) is 6.74. The molecule has 2 aromatic rings. The van der Waals surface area contributed by atoms with Crippen LogP contribution in [0.3, 0.4) is 0 Å². The topological polar surface area (TPSA) is 87.2 Å². The quantitative estimate of drug-likeness (QED) is 0.459. The second kappa shape index (κ2) is 7.72. The van der Waals surface area contributed by atoms with Gasteiger partial charge in [0.05, 0.1) is 11.3 Å². The van der Waals surface area contributed by atoms with Gasteiger partial charge in [-0.05, 0) is 50.0 Å². The van der Waals surface area contributed by atoms with Crippen LogP contribution >= 0.6 is 0 Å². The third-order valence-electron chi connectivity index (χ3n) is 4.98. The number of hydrogen-bond acceptors (Lipinski definition) is 3. The first-order chi connectivity index (χ1) is 13.4. The smallest absolute Gasteiger partial charge is 0.303 e. The van der Waals surface area contributed by atoms with Crippen LogP contribution in [0.2, 0.25) is 0 Å². The van der Waals surface area contributed by atoms with Crippen LogP contribution in [-0.2, 0) is 11.2 Å². The number of nitrogens with one attached hydrogen (secondary N) is 2. The molecule has 0 radical (unpaired) electrons. The molecule has 1 aromatic heterocycles. The summed E-state index contributed by atoms with van der Waals surface area (Å²) in [5, 5.41) is 5.70. The predicted molar refractivity (Wildman–Crippen MR) is 108 cm³/mol. The maximum atomic E-state index is 13.1. The Morgan fingerprint density at radius 3 is 2.61 bits per heavy atom. The normalized spacial score (nSPS) is 15.4. The molecule has 2 N–H and O–H groups in total. The van der Waals surface area contributed by atoms with Crippen LogP contribution in [0.25, 0.3) is 11.8 Å². The van der Waals surface area contributed by atoms with Crippen LogP contribution < -0.4 is 10.9 Å². The van der Waals surface area contributed by atoms with Gasteiger partial charge in [-0.2, -0.15) is 0 Å². The lowest BCUT2D eigenvalue weighted by Crippen LogP contribution is -2.31. The molecule has 3 rings (SSSR count). The number of urea groups is 1. The van der Waals surface area contributed by atoms with Gasteiger partial charge in [0.25, 0.3) is 11.5 Å². The summed E-state index contributed by atoms with van der Waals surface area (Å²) in [5.74, 6) is -0.437. The molecule has 1 aliphatic heterocycles. The molecule has 7 nitrogen and oxygen atoms in total. The highest BCUT2D eigenvalue weighted by molar-refractivity contribution is 6.14. The van der Waals surface area contributed by atoms with Crippen LogP contribution in [0.15, 0.2) is 41.3 Å². The van der Waals surface area contributed by atoms with E-state index in [-0.39, 0.29) is 17.8 Å². The van der Waals surface area contributed by atoms with Crippen molar-refractivity contribution < 1.29 is 9.59 Å². The summed E-state index contributed by atoms with van der Waals surface area (Å²) in [6.45, 7) is 9.73. The molecular formula is C21H24N4O3. The zero-order valence-electron chi connectivity index (χ0n) is 16.3. The number of H-pyrrole nitrogens is 1. The Kier molecular flexibility index (Phi) is 5.35. The Hall–Kier alpha value is -3.35. The number of aryl methyl sites for hydroxylation is 2. The van der Waals surface area contributed by atoms with Crippen molar-refractivity contribution in [2.45, 2.75) is 33.6 Å². The minimum Gasteiger partial charge on any atom is -0.303 e. The molecule has 1 aliphatic rings. The summed E-state index contributed by atoms with van der Waals surface area (Å²) in [6, 6.07) is 5.27. The molecule has 2 heterocycles. The zero-order valence-corrected chi connectivity index (χ0v) is 16.3. The minimum absolute atomic E-state index is 0.105. The average Bonchev–Trinajstić information content (AvgIpc) is 3.13. The summed E-state index contributed by atoms with van der Waals surface area (Å²) in [5.41, 5.74) is 3.75. The summed E-state index contributed by atoms with van der Waals surface area (Å²) in [6.07, 6.45) is 4.20. The van der Waals surface area contributed by atoms with E-state index in [9.17, 15) is 14.4 Å². The number of hydrogen-bond donors (Lipinski definition) is 2. The van der Waals surface area contributed by atoms with Crippen molar-refractivity contribution in [2.24, 2.45) is 0 Å². The summed E-state index contributed by atoms with van der Waals surface area (Å²) < 4.78 is 1.49. The summed E-state index contributed by atoms with van der Waals surface area (Å²) in [7, 11) is 0. The van der Waals surface area contributed by atoms with Crippen LogP contribution in [0.1, 0.15) is 35.7 Å². The lowest BCUT2D eigenvalue weighted by molar-refractivity contribution is -0.122. The maximum absolute atomic E-state index is 13.1. The molecular weight excluding hydrogens is 356 g/mol. The molecule has 1 aromatic carbocycles. The first-order valence-corrected chi connectivity index (χ1v) is 9.25. The largest absolute Gasteiger partial charge is 0.329 e. The molecule has 146 valence electrons. The van der Waals surface area contributed by atoms with E-state index in [0.29, 0.717) is 24.1 Å². The Balaban J connectivity index is 2.05. The Bertz CT molecular complexity index is 1040. The van der Waals surface area contributed by atoms with E-state index >= 15 is 0 Å². The van der Waals surface area contributed by atoms with Crippen molar-refractivity contribution in [1.82, 2.24) is 20.0 Å². The highest BCUT2D eigenvalue weighted by Crippen LogP contribution is 2.19. The van der Waals surface area contributed by atoms with Crippen LogP contribution in [0, 0.1) is 13.8 Å². The van der Waals surface area contributed by atoms with Crippen molar-refractivity contribution in [2.75, 3.05) is 6.54 Å². The molecule has 1 fully saturated rings. The van der Waals surface area contributed by atoms with Gasteiger partial charge in [-0.3, -0.25) is 19.6 Å². The highest BCUT2D eigenvalue weighted by atomic mass is 16.2. The molecule has 0 aliphatic carbocycles. The van der Waals surface area contributed by atoms with Crippen molar-refractivity contribution >= 4 is 18.0 Å².